The molecule has 0 bridgehead atoms. The highest BCUT2D eigenvalue weighted by Gasteiger charge is 2.01. The van der Waals surface area contributed by atoms with E-state index in [-0.39, 0.29) is 5.78 Å². The Labute approximate surface area is 78.5 Å². The van der Waals surface area contributed by atoms with Gasteiger partial charge in [0.25, 0.3) is 0 Å². The average Bonchev–Trinajstić information content (AvgIpc) is 2.18. The maximum absolute atomic E-state index is 11.2. The molecule has 0 fully saturated rings. The Balaban J connectivity index is 2.75. The number of carbonyl (C=O) groups is 1. The smallest absolute Gasteiger partial charge is 0.162 e. The Hall–Kier alpha value is -1.31. The van der Waals surface area contributed by atoms with E-state index in [9.17, 15) is 4.79 Å². The lowest BCUT2D eigenvalue weighted by Crippen LogP contribution is -1.97. The Kier molecular flexibility index (Phi) is 3.50. The van der Waals surface area contributed by atoms with Crippen molar-refractivity contribution in [3.05, 3.63) is 36.8 Å². The van der Waals surface area contributed by atoms with Crippen LogP contribution in [0.1, 0.15) is 23.7 Å². The van der Waals surface area contributed by atoms with Gasteiger partial charge >= 0.3 is 0 Å². The summed E-state index contributed by atoms with van der Waals surface area (Å²) in [7, 11) is 0. The highest BCUT2D eigenvalue weighted by atomic mass is 16.5. The summed E-state index contributed by atoms with van der Waals surface area (Å²) in [6, 6.07) is 7.12. The number of ether oxygens (including phenoxy) is 1. The van der Waals surface area contributed by atoms with E-state index in [0.717, 1.165) is 11.3 Å². The highest BCUT2D eigenvalue weighted by molar-refractivity contribution is 5.95. The van der Waals surface area contributed by atoms with Gasteiger partial charge < -0.3 is 4.74 Å². The Morgan fingerprint density at radius 3 is 2.46 bits per heavy atom. The van der Waals surface area contributed by atoms with Crippen LogP contribution in [0.4, 0.5) is 0 Å². The first-order valence-electron chi connectivity index (χ1n) is 4.33. The van der Waals surface area contributed by atoms with Crippen molar-refractivity contribution in [3.8, 4) is 5.75 Å². The number of hydrogen-bond donors (Lipinski definition) is 0. The molecule has 0 saturated heterocycles. The minimum atomic E-state index is 0.154. The number of benzene rings is 1. The quantitative estimate of drug-likeness (QED) is 0.660. The van der Waals surface area contributed by atoms with E-state index in [1.54, 1.807) is 24.3 Å². The van der Waals surface area contributed by atoms with Crippen molar-refractivity contribution < 1.29 is 9.53 Å². The maximum atomic E-state index is 11.2. The zero-order valence-corrected chi connectivity index (χ0v) is 7.75. The molecule has 2 heteroatoms. The van der Waals surface area contributed by atoms with E-state index in [0.29, 0.717) is 13.0 Å². The molecule has 0 heterocycles. The number of ketones is 1. The van der Waals surface area contributed by atoms with Crippen LogP contribution >= 0.6 is 0 Å². The zero-order valence-electron chi connectivity index (χ0n) is 7.75. The molecule has 1 aromatic rings. The van der Waals surface area contributed by atoms with Crippen molar-refractivity contribution in [2.45, 2.75) is 13.3 Å². The molecule has 0 aliphatic heterocycles. The molecule has 13 heavy (non-hydrogen) atoms. The second kappa shape index (κ2) is 4.65. The SMILES string of the molecule is [CH2]COc1ccc(C(=O)CC)cc1. The van der Waals surface area contributed by atoms with Crippen LogP contribution in [-0.2, 0) is 0 Å². The summed E-state index contributed by atoms with van der Waals surface area (Å²) in [6.07, 6.45) is 0.537. The van der Waals surface area contributed by atoms with Crippen molar-refractivity contribution in [1.82, 2.24) is 0 Å². The predicted octanol–water partition coefficient (Wildman–Crippen LogP) is 2.49. The molecule has 0 atom stereocenters. The molecule has 1 rings (SSSR count). The molecule has 1 radical (unpaired) electrons. The van der Waals surface area contributed by atoms with Gasteiger partial charge in [-0.25, -0.2) is 0 Å². The largest absolute Gasteiger partial charge is 0.494 e. The molecule has 0 unspecified atom stereocenters. The fourth-order valence-electron chi connectivity index (χ4n) is 1.06. The van der Waals surface area contributed by atoms with E-state index in [1.165, 1.54) is 0 Å². The molecule has 1 aromatic carbocycles. The van der Waals surface area contributed by atoms with E-state index >= 15 is 0 Å². The summed E-state index contributed by atoms with van der Waals surface area (Å²) in [5.41, 5.74) is 0.735. The Bertz CT molecular complexity index is 275. The predicted molar refractivity (Wildman–Crippen MR) is 51.9 cm³/mol. The molecule has 0 spiro atoms. The van der Waals surface area contributed by atoms with Gasteiger partial charge in [0.05, 0.1) is 6.61 Å². The minimum absolute atomic E-state index is 0.154. The van der Waals surface area contributed by atoms with Gasteiger partial charge in [-0.2, -0.15) is 0 Å². The molecular formula is C11H13O2. The van der Waals surface area contributed by atoms with Crippen molar-refractivity contribution in [3.63, 3.8) is 0 Å². The first kappa shape index (κ1) is 9.78. The number of Topliss-reactive ketones (excluding diaryl/α,β-unsaturated/α-hetero) is 1. The van der Waals surface area contributed by atoms with E-state index in [4.69, 9.17) is 4.74 Å². The van der Waals surface area contributed by atoms with Crippen LogP contribution < -0.4 is 4.74 Å². The molecule has 0 amide bonds. The van der Waals surface area contributed by atoms with Gasteiger partial charge in [0.15, 0.2) is 5.78 Å². The standard InChI is InChI=1S/C11H13O2/c1-3-11(12)9-5-7-10(8-6-9)13-4-2/h5-8H,2-4H2,1H3. The second-order valence-corrected chi connectivity index (χ2v) is 2.65. The van der Waals surface area contributed by atoms with Crippen molar-refractivity contribution in [2.24, 2.45) is 0 Å². The molecule has 0 aliphatic carbocycles. The monoisotopic (exact) mass is 177 g/mol. The molecule has 2 nitrogen and oxygen atoms in total. The first-order valence-corrected chi connectivity index (χ1v) is 4.33. The van der Waals surface area contributed by atoms with Crippen LogP contribution in [0.3, 0.4) is 0 Å². The Morgan fingerprint density at radius 1 is 1.38 bits per heavy atom. The summed E-state index contributed by atoms with van der Waals surface area (Å²) in [6.45, 7) is 5.82. The summed E-state index contributed by atoms with van der Waals surface area (Å²) >= 11 is 0. The molecule has 0 N–H and O–H groups in total. The van der Waals surface area contributed by atoms with Crippen LogP contribution in [-0.4, -0.2) is 12.4 Å². The first-order chi connectivity index (χ1) is 6.27. The lowest BCUT2D eigenvalue weighted by Gasteiger charge is -2.02. The third-order valence-electron chi connectivity index (χ3n) is 1.77. The molecular weight excluding hydrogens is 164 g/mol. The van der Waals surface area contributed by atoms with Crippen molar-refractivity contribution in [2.75, 3.05) is 6.61 Å². The number of carbonyl (C=O) groups excluding carboxylic acids is 1. The topological polar surface area (TPSA) is 26.3 Å². The normalized spacial score (nSPS) is 9.69. The Morgan fingerprint density at radius 2 is 2.00 bits per heavy atom. The van der Waals surface area contributed by atoms with Crippen LogP contribution in [0.5, 0.6) is 5.75 Å². The van der Waals surface area contributed by atoms with Crippen LogP contribution in [0.15, 0.2) is 24.3 Å². The van der Waals surface area contributed by atoms with E-state index in [2.05, 4.69) is 6.92 Å². The van der Waals surface area contributed by atoms with E-state index < -0.39 is 0 Å². The summed E-state index contributed by atoms with van der Waals surface area (Å²) < 4.78 is 5.15. The van der Waals surface area contributed by atoms with Crippen LogP contribution in [0, 0.1) is 6.92 Å². The molecule has 69 valence electrons. The second-order valence-electron chi connectivity index (χ2n) is 2.65. The number of rotatable bonds is 4. The summed E-state index contributed by atoms with van der Waals surface area (Å²) in [5.74, 6) is 0.906. The van der Waals surface area contributed by atoms with E-state index in [1.807, 2.05) is 6.92 Å². The molecule has 0 aliphatic rings. The summed E-state index contributed by atoms with van der Waals surface area (Å²) in [4.78, 5) is 11.2. The van der Waals surface area contributed by atoms with Gasteiger partial charge in [-0.15, -0.1) is 0 Å². The zero-order chi connectivity index (χ0) is 9.68. The third-order valence-corrected chi connectivity index (χ3v) is 1.77. The lowest BCUT2D eigenvalue weighted by atomic mass is 10.1. The van der Waals surface area contributed by atoms with Gasteiger partial charge in [-0.3, -0.25) is 4.79 Å². The van der Waals surface area contributed by atoms with Gasteiger partial charge in [0, 0.05) is 12.0 Å². The van der Waals surface area contributed by atoms with Gasteiger partial charge in [-0.1, -0.05) is 6.92 Å². The van der Waals surface area contributed by atoms with Crippen molar-refractivity contribution >= 4 is 5.78 Å². The molecule has 0 saturated carbocycles. The fourth-order valence-corrected chi connectivity index (χ4v) is 1.06. The van der Waals surface area contributed by atoms with Gasteiger partial charge in [0.2, 0.25) is 0 Å². The van der Waals surface area contributed by atoms with Crippen LogP contribution in [0.2, 0.25) is 0 Å². The minimum Gasteiger partial charge on any atom is -0.494 e. The third kappa shape index (κ3) is 2.58. The lowest BCUT2D eigenvalue weighted by molar-refractivity contribution is 0.0988. The highest BCUT2D eigenvalue weighted by Crippen LogP contribution is 2.12. The molecule has 0 aromatic heterocycles. The van der Waals surface area contributed by atoms with Crippen molar-refractivity contribution in [1.29, 1.82) is 0 Å². The van der Waals surface area contributed by atoms with Gasteiger partial charge in [-0.05, 0) is 31.2 Å². The average molecular weight is 177 g/mol. The maximum Gasteiger partial charge on any atom is 0.162 e. The fraction of sp³-hybridized carbons (Fsp3) is 0.273. The van der Waals surface area contributed by atoms with Gasteiger partial charge in [0.1, 0.15) is 5.75 Å². The number of hydrogen-bond acceptors (Lipinski definition) is 2. The summed E-state index contributed by atoms with van der Waals surface area (Å²) in [5, 5.41) is 0. The van der Waals surface area contributed by atoms with Crippen LogP contribution in [0.25, 0.3) is 0 Å².